The highest BCUT2D eigenvalue weighted by Gasteiger charge is 2.41. The van der Waals surface area contributed by atoms with Gasteiger partial charge in [-0.2, -0.15) is 13.2 Å². The lowest BCUT2D eigenvalue weighted by atomic mass is 9.82. The van der Waals surface area contributed by atoms with E-state index in [1.54, 1.807) is 12.1 Å². The molecule has 2 aromatic rings. The summed E-state index contributed by atoms with van der Waals surface area (Å²) in [7, 11) is 2.13. The van der Waals surface area contributed by atoms with Crippen molar-refractivity contribution >= 4 is 5.91 Å². The second-order valence-electron chi connectivity index (χ2n) is 11.8. The molecule has 0 radical (unpaired) electrons. The summed E-state index contributed by atoms with van der Waals surface area (Å²) in [6.45, 7) is 10.6. The van der Waals surface area contributed by atoms with Crippen LogP contribution in [0.1, 0.15) is 62.8 Å². The van der Waals surface area contributed by atoms with Crippen LogP contribution in [0.25, 0.3) is 0 Å². The van der Waals surface area contributed by atoms with Crippen molar-refractivity contribution in [2.24, 2.45) is 11.3 Å². The molecule has 202 valence electrons. The van der Waals surface area contributed by atoms with Gasteiger partial charge in [0.15, 0.2) is 0 Å². The Morgan fingerprint density at radius 2 is 1.49 bits per heavy atom. The zero-order valence-corrected chi connectivity index (χ0v) is 22.5. The second kappa shape index (κ2) is 11.2. The van der Waals surface area contributed by atoms with Gasteiger partial charge in [-0.1, -0.05) is 63.2 Å². The minimum absolute atomic E-state index is 0.0145. The van der Waals surface area contributed by atoms with Gasteiger partial charge in [-0.3, -0.25) is 9.69 Å². The second-order valence-corrected chi connectivity index (χ2v) is 11.8. The van der Waals surface area contributed by atoms with Gasteiger partial charge in [0, 0.05) is 32.1 Å². The van der Waals surface area contributed by atoms with Crippen molar-refractivity contribution in [1.82, 2.24) is 14.7 Å². The number of hydrogen-bond donors (Lipinski definition) is 0. The number of likely N-dealkylation sites (tertiary alicyclic amines) is 1. The number of rotatable bonds is 5. The predicted molar refractivity (Wildman–Crippen MR) is 141 cm³/mol. The first-order valence-corrected chi connectivity index (χ1v) is 13.4. The third-order valence-corrected chi connectivity index (χ3v) is 8.07. The first-order chi connectivity index (χ1) is 17.4. The van der Waals surface area contributed by atoms with Crippen molar-refractivity contribution in [3.8, 4) is 0 Å². The average Bonchev–Trinajstić information content (AvgIpc) is 2.85. The molecule has 2 aromatic carbocycles. The smallest absolute Gasteiger partial charge is 0.337 e. The van der Waals surface area contributed by atoms with Crippen LogP contribution in [0.3, 0.4) is 0 Å². The van der Waals surface area contributed by atoms with Crippen molar-refractivity contribution in [3.63, 3.8) is 0 Å². The molecule has 2 saturated heterocycles. The number of amides is 1. The molecule has 0 bridgehead atoms. The Kier molecular flexibility index (Phi) is 8.34. The molecular formula is C30H40F3N3O. The molecule has 2 unspecified atom stereocenters. The number of benzene rings is 2. The molecule has 37 heavy (non-hydrogen) atoms. The van der Waals surface area contributed by atoms with E-state index >= 15 is 0 Å². The van der Waals surface area contributed by atoms with E-state index in [2.05, 4.69) is 42.5 Å². The molecule has 0 saturated carbocycles. The van der Waals surface area contributed by atoms with E-state index in [1.165, 1.54) is 12.1 Å². The third kappa shape index (κ3) is 6.74. The average molecular weight is 516 g/mol. The fourth-order valence-corrected chi connectivity index (χ4v) is 5.81. The topological polar surface area (TPSA) is 26.8 Å². The highest BCUT2D eigenvalue weighted by molar-refractivity contribution is 5.77. The molecule has 2 aliphatic heterocycles. The molecule has 4 rings (SSSR count). The lowest BCUT2D eigenvalue weighted by Crippen LogP contribution is -2.60. The zero-order valence-electron chi connectivity index (χ0n) is 22.5. The van der Waals surface area contributed by atoms with Crippen molar-refractivity contribution in [2.75, 3.05) is 39.8 Å². The Bertz CT molecular complexity index is 1020. The molecular weight excluding hydrogens is 475 g/mol. The van der Waals surface area contributed by atoms with Crippen LogP contribution in [0, 0.1) is 11.3 Å². The first kappa shape index (κ1) is 27.6. The molecule has 2 heterocycles. The van der Waals surface area contributed by atoms with E-state index in [9.17, 15) is 18.0 Å². The van der Waals surface area contributed by atoms with Gasteiger partial charge in [0.25, 0.3) is 0 Å². The molecule has 0 aromatic heterocycles. The maximum absolute atomic E-state index is 13.5. The normalized spacial score (nSPS) is 21.7. The Morgan fingerprint density at radius 3 is 2.05 bits per heavy atom. The van der Waals surface area contributed by atoms with Crippen molar-refractivity contribution in [3.05, 3.63) is 71.3 Å². The van der Waals surface area contributed by atoms with E-state index in [1.807, 2.05) is 30.3 Å². The minimum Gasteiger partial charge on any atom is -0.337 e. The van der Waals surface area contributed by atoms with E-state index in [0.29, 0.717) is 32.0 Å². The maximum Gasteiger partial charge on any atom is 0.416 e. The van der Waals surface area contributed by atoms with Gasteiger partial charge in [-0.05, 0) is 67.6 Å². The summed E-state index contributed by atoms with van der Waals surface area (Å²) in [5, 5.41) is 0. The highest BCUT2D eigenvalue weighted by atomic mass is 19.4. The summed E-state index contributed by atoms with van der Waals surface area (Å²) in [5.41, 5.74) is 1.10. The van der Waals surface area contributed by atoms with E-state index in [4.69, 9.17) is 0 Å². The Morgan fingerprint density at radius 1 is 0.892 bits per heavy atom. The van der Waals surface area contributed by atoms with E-state index in [-0.39, 0.29) is 23.4 Å². The molecule has 0 spiro atoms. The lowest BCUT2D eigenvalue weighted by Gasteiger charge is -2.50. The first-order valence-electron chi connectivity index (χ1n) is 13.4. The molecule has 1 amide bonds. The van der Waals surface area contributed by atoms with Crippen LogP contribution in [-0.2, 0) is 11.0 Å². The predicted octanol–water partition coefficient (Wildman–Crippen LogP) is 6.09. The quantitative estimate of drug-likeness (QED) is 0.483. The fraction of sp³-hybridized carbons (Fsp3) is 0.567. The van der Waals surface area contributed by atoms with Gasteiger partial charge in [-0.15, -0.1) is 0 Å². The SMILES string of the molecule is CN1CCC(CC(=O)N2CCN(C(c3ccccc3)c3ccc(C(F)(F)F)cc3)CC2C(C)(C)C)CC1. The number of carbonyl (C=O) groups excluding carboxylic acids is 1. The summed E-state index contributed by atoms with van der Waals surface area (Å²) in [6, 6.07) is 15.3. The fourth-order valence-electron chi connectivity index (χ4n) is 5.81. The monoisotopic (exact) mass is 515 g/mol. The van der Waals surface area contributed by atoms with Crippen LogP contribution < -0.4 is 0 Å². The molecule has 7 heteroatoms. The standard InChI is InChI=1S/C30H40F3N3O/c1-29(2,3)26-21-35(18-19-36(26)27(37)20-22-14-16-34(4)17-15-22)28(23-8-6-5-7-9-23)24-10-12-25(13-11-24)30(31,32)33/h5-13,22,26,28H,14-21H2,1-4H3. The Labute approximate surface area is 219 Å². The van der Waals surface area contributed by atoms with E-state index < -0.39 is 11.7 Å². The zero-order chi connectivity index (χ0) is 26.8. The number of halogens is 3. The highest BCUT2D eigenvalue weighted by Crippen LogP contribution is 2.37. The van der Waals surface area contributed by atoms with Gasteiger partial charge >= 0.3 is 6.18 Å². The summed E-state index contributed by atoms with van der Waals surface area (Å²) < 4.78 is 39.7. The number of alkyl halides is 3. The number of hydrogen-bond acceptors (Lipinski definition) is 3. The summed E-state index contributed by atoms with van der Waals surface area (Å²) in [6.07, 6.45) is -1.64. The summed E-state index contributed by atoms with van der Waals surface area (Å²) in [4.78, 5) is 20.3. The number of nitrogens with zero attached hydrogens (tertiary/aromatic N) is 3. The molecule has 2 atom stereocenters. The van der Waals surface area contributed by atoms with Gasteiger partial charge < -0.3 is 9.80 Å². The van der Waals surface area contributed by atoms with Gasteiger partial charge in [0.1, 0.15) is 0 Å². The van der Waals surface area contributed by atoms with Crippen molar-refractivity contribution < 1.29 is 18.0 Å². The summed E-state index contributed by atoms with van der Waals surface area (Å²) >= 11 is 0. The Hall–Kier alpha value is -2.38. The third-order valence-electron chi connectivity index (χ3n) is 8.07. The number of piperidine rings is 1. The van der Waals surface area contributed by atoms with Gasteiger partial charge in [0.2, 0.25) is 5.91 Å². The number of carbonyl (C=O) groups is 1. The lowest BCUT2D eigenvalue weighted by molar-refractivity contribution is -0.141. The van der Waals surface area contributed by atoms with Crippen molar-refractivity contribution in [2.45, 2.75) is 58.3 Å². The van der Waals surface area contributed by atoms with Crippen LogP contribution in [0.5, 0.6) is 0 Å². The van der Waals surface area contributed by atoms with Gasteiger partial charge in [-0.25, -0.2) is 0 Å². The molecule has 4 nitrogen and oxygen atoms in total. The molecule has 0 N–H and O–H groups in total. The van der Waals surface area contributed by atoms with Gasteiger partial charge in [0.05, 0.1) is 11.6 Å². The molecule has 0 aliphatic carbocycles. The maximum atomic E-state index is 13.5. The van der Waals surface area contributed by atoms with E-state index in [0.717, 1.165) is 37.1 Å². The molecule has 2 fully saturated rings. The van der Waals surface area contributed by atoms with Crippen molar-refractivity contribution in [1.29, 1.82) is 0 Å². The summed E-state index contributed by atoms with van der Waals surface area (Å²) in [5.74, 6) is 0.673. The van der Waals surface area contributed by atoms with Crippen LogP contribution in [0.15, 0.2) is 54.6 Å². The molecule has 2 aliphatic rings. The van der Waals surface area contributed by atoms with Crippen LogP contribution in [0.4, 0.5) is 13.2 Å². The Balaban J connectivity index is 1.58. The van der Waals surface area contributed by atoms with Crippen LogP contribution in [0.2, 0.25) is 0 Å². The minimum atomic E-state index is -4.36. The number of piperazine rings is 1. The van der Waals surface area contributed by atoms with Crippen LogP contribution >= 0.6 is 0 Å². The van der Waals surface area contributed by atoms with Crippen LogP contribution in [-0.4, -0.2) is 66.4 Å². The largest absolute Gasteiger partial charge is 0.416 e.